The Morgan fingerprint density at radius 3 is 2.64 bits per heavy atom. The fourth-order valence-corrected chi connectivity index (χ4v) is 2.83. The van der Waals surface area contributed by atoms with Gasteiger partial charge in [0, 0.05) is 12.2 Å². The molecule has 3 rings (SSSR count). The predicted molar refractivity (Wildman–Crippen MR) is 88.4 cm³/mol. The lowest BCUT2D eigenvalue weighted by Crippen LogP contribution is -2.41. The first-order valence-corrected chi connectivity index (χ1v) is 7.81. The fraction of sp³-hybridized carbons (Fsp3) is 0.316. The van der Waals surface area contributed by atoms with Crippen molar-refractivity contribution in [1.29, 1.82) is 0 Å². The van der Waals surface area contributed by atoms with E-state index in [1.807, 2.05) is 61.2 Å². The molecule has 3 heteroatoms. The molecule has 0 aliphatic carbocycles. The average Bonchev–Trinajstić information content (AvgIpc) is 2.98. The molecule has 1 heterocycles. The second kappa shape index (κ2) is 6.22. The molecule has 0 saturated heterocycles. The Kier molecular flexibility index (Phi) is 4.14. The van der Waals surface area contributed by atoms with Gasteiger partial charge in [-0.15, -0.1) is 0 Å². The van der Waals surface area contributed by atoms with Crippen LogP contribution in [0, 0.1) is 6.92 Å². The molecule has 0 N–H and O–H groups in total. The number of aryl methyl sites for hydroxylation is 1. The van der Waals surface area contributed by atoms with Crippen LogP contribution in [0.2, 0.25) is 0 Å². The van der Waals surface area contributed by atoms with Crippen molar-refractivity contribution in [3.8, 4) is 5.75 Å². The van der Waals surface area contributed by atoms with Gasteiger partial charge in [0.25, 0.3) is 5.91 Å². The molecule has 1 amide bonds. The summed E-state index contributed by atoms with van der Waals surface area (Å²) in [5.74, 6) is 0.798. The zero-order chi connectivity index (χ0) is 15.5. The Morgan fingerprint density at radius 2 is 1.91 bits per heavy atom. The van der Waals surface area contributed by atoms with Crippen LogP contribution in [0.15, 0.2) is 48.5 Å². The van der Waals surface area contributed by atoms with Crippen LogP contribution in [0.4, 0.5) is 5.69 Å². The van der Waals surface area contributed by atoms with Crippen molar-refractivity contribution in [3.63, 3.8) is 0 Å². The van der Waals surface area contributed by atoms with Crippen molar-refractivity contribution >= 4 is 11.6 Å². The Morgan fingerprint density at radius 1 is 1.18 bits per heavy atom. The Bertz CT molecular complexity index is 663. The number of ether oxygens (including phenoxy) is 1. The molecule has 114 valence electrons. The lowest BCUT2D eigenvalue weighted by Gasteiger charge is -2.24. The van der Waals surface area contributed by atoms with Crippen LogP contribution in [0.1, 0.15) is 24.5 Å². The van der Waals surface area contributed by atoms with Crippen LogP contribution < -0.4 is 9.64 Å². The maximum atomic E-state index is 12.8. The predicted octanol–water partition coefficient (Wildman–Crippen LogP) is 3.74. The molecule has 0 radical (unpaired) electrons. The number of benzene rings is 2. The van der Waals surface area contributed by atoms with Gasteiger partial charge < -0.3 is 9.64 Å². The number of carbonyl (C=O) groups is 1. The maximum Gasteiger partial charge on any atom is 0.268 e. The van der Waals surface area contributed by atoms with E-state index < -0.39 is 6.10 Å². The molecule has 0 unspecified atom stereocenters. The van der Waals surface area contributed by atoms with E-state index in [0.29, 0.717) is 6.42 Å². The molecule has 1 aliphatic heterocycles. The molecule has 1 atom stereocenters. The van der Waals surface area contributed by atoms with Gasteiger partial charge in [-0.05, 0) is 43.5 Å². The fourth-order valence-electron chi connectivity index (χ4n) is 2.83. The largest absolute Gasteiger partial charge is 0.481 e. The zero-order valence-corrected chi connectivity index (χ0v) is 13.1. The first-order valence-electron chi connectivity index (χ1n) is 7.81. The third-order valence-corrected chi connectivity index (χ3v) is 4.10. The number of carbonyl (C=O) groups excluding carboxylic acids is 1. The van der Waals surface area contributed by atoms with E-state index in [-0.39, 0.29) is 5.91 Å². The lowest BCUT2D eigenvalue weighted by atomic mass is 10.1. The normalized spacial score (nSPS) is 14.5. The minimum Gasteiger partial charge on any atom is -0.481 e. The molecule has 0 spiro atoms. The maximum absolute atomic E-state index is 12.8. The van der Waals surface area contributed by atoms with Crippen molar-refractivity contribution in [2.24, 2.45) is 0 Å². The number of fused-ring (bicyclic) bond motifs is 1. The molecule has 0 aromatic heterocycles. The quantitative estimate of drug-likeness (QED) is 0.860. The standard InChI is InChI=1S/C19H21NO2/c1-3-18(22-16-10-8-14(2)9-11-16)19(21)20-13-12-15-6-4-5-7-17(15)20/h4-11,18H,3,12-13H2,1-2H3/t18-/m0/s1. The van der Waals surface area contributed by atoms with Gasteiger partial charge in [-0.1, -0.05) is 42.8 Å². The monoisotopic (exact) mass is 295 g/mol. The minimum absolute atomic E-state index is 0.0491. The second-order valence-corrected chi connectivity index (χ2v) is 5.70. The van der Waals surface area contributed by atoms with Crippen LogP contribution in [-0.2, 0) is 11.2 Å². The van der Waals surface area contributed by atoms with Crippen molar-refractivity contribution in [2.45, 2.75) is 32.8 Å². The molecule has 2 aromatic carbocycles. The second-order valence-electron chi connectivity index (χ2n) is 5.70. The van der Waals surface area contributed by atoms with E-state index in [9.17, 15) is 4.79 Å². The molecular weight excluding hydrogens is 274 g/mol. The van der Waals surface area contributed by atoms with Gasteiger partial charge in [-0.25, -0.2) is 0 Å². The summed E-state index contributed by atoms with van der Waals surface area (Å²) in [5, 5.41) is 0. The zero-order valence-electron chi connectivity index (χ0n) is 13.1. The van der Waals surface area contributed by atoms with E-state index in [1.54, 1.807) is 0 Å². The summed E-state index contributed by atoms with van der Waals surface area (Å²) in [6.45, 7) is 4.76. The molecule has 2 aromatic rings. The van der Waals surface area contributed by atoms with Crippen molar-refractivity contribution in [3.05, 3.63) is 59.7 Å². The number of rotatable bonds is 4. The molecule has 1 aliphatic rings. The van der Waals surface area contributed by atoms with Gasteiger partial charge >= 0.3 is 0 Å². The molecular formula is C19H21NO2. The summed E-state index contributed by atoms with van der Waals surface area (Å²) < 4.78 is 5.92. The van der Waals surface area contributed by atoms with E-state index in [1.165, 1.54) is 11.1 Å². The summed E-state index contributed by atoms with van der Waals surface area (Å²) in [7, 11) is 0. The van der Waals surface area contributed by atoms with E-state index >= 15 is 0 Å². The third-order valence-electron chi connectivity index (χ3n) is 4.10. The molecule has 0 fully saturated rings. The van der Waals surface area contributed by atoms with Gasteiger partial charge in [0.05, 0.1) is 0 Å². The number of hydrogen-bond donors (Lipinski definition) is 0. The number of amides is 1. The summed E-state index contributed by atoms with van der Waals surface area (Å²) in [6, 6.07) is 15.9. The molecule has 3 nitrogen and oxygen atoms in total. The number of hydrogen-bond acceptors (Lipinski definition) is 2. The Labute approximate surface area is 131 Å². The van der Waals surface area contributed by atoms with Crippen LogP contribution in [0.3, 0.4) is 0 Å². The first-order chi connectivity index (χ1) is 10.7. The first kappa shape index (κ1) is 14.6. The van der Waals surface area contributed by atoms with E-state index in [4.69, 9.17) is 4.74 Å². The molecule has 0 saturated carbocycles. The van der Waals surface area contributed by atoms with Crippen LogP contribution in [0.5, 0.6) is 5.75 Å². The summed E-state index contributed by atoms with van der Waals surface area (Å²) in [4.78, 5) is 14.7. The van der Waals surface area contributed by atoms with Crippen LogP contribution in [-0.4, -0.2) is 18.6 Å². The van der Waals surface area contributed by atoms with Crippen molar-refractivity contribution in [1.82, 2.24) is 0 Å². The van der Waals surface area contributed by atoms with Gasteiger partial charge in [0.1, 0.15) is 5.75 Å². The van der Waals surface area contributed by atoms with Crippen LogP contribution in [0.25, 0.3) is 0 Å². The number of para-hydroxylation sites is 1. The summed E-state index contributed by atoms with van der Waals surface area (Å²) in [6.07, 6.45) is 1.14. The van der Waals surface area contributed by atoms with Crippen LogP contribution >= 0.6 is 0 Å². The van der Waals surface area contributed by atoms with Gasteiger partial charge in [0.2, 0.25) is 0 Å². The highest BCUT2D eigenvalue weighted by molar-refractivity contribution is 5.98. The third kappa shape index (κ3) is 2.84. The summed E-state index contributed by atoms with van der Waals surface area (Å²) >= 11 is 0. The minimum atomic E-state index is -0.436. The number of nitrogens with zero attached hydrogens (tertiary/aromatic N) is 1. The Hall–Kier alpha value is -2.29. The van der Waals surface area contributed by atoms with Crippen molar-refractivity contribution < 1.29 is 9.53 Å². The van der Waals surface area contributed by atoms with Crippen molar-refractivity contribution in [2.75, 3.05) is 11.4 Å². The highest BCUT2D eigenvalue weighted by Gasteiger charge is 2.30. The highest BCUT2D eigenvalue weighted by atomic mass is 16.5. The number of anilines is 1. The topological polar surface area (TPSA) is 29.5 Å². The Balaban J connectivity index is 1.76. The molecule has 0 bridgehead atoms. The SMILES string of the molecule is CC[C@H](Oc1ccc(C)cc1)C(=O)N1CCc2ccccc21. The smallest absolute Gasteiger partial charge is 0.268 e. The van der Waals surface area contributed by atoms with Gasteiger partial charge in [0.15, 0.2) is 6.10 Å². The van der Waals surface area contributed by atoms with Gasteiger partial charge in [-0.2, -0.15) is 0 Å². The van der Waals surface area contributed by atoms with E-state index in [0.717, 1.165) is 24.4 Å². The summed E-state index contributed by atoms with van der Waals surface area (Å²) in [5.41, 5.74) is 3.44. The highest BCUT2D eigenvalue weighted by Crippen LogP contribution is 2.29. The lowest BCUT2D eigenvalue weighted by molar-refractivity contribution is -0.125. The molecule has 22 heavy (non-hydrogen) atoms. The van der Waals surface area contributed by atoms with E-state index in [2.05, 4.69) is 6.07 Å². The van der Waals surface area contributed by atoms with Gasteiger partial charge in [-0.3, -0.25) is 4.79 Å². The average molecular weight is 295 g/mol.